The molecule has 1 aliphatic rings. The lowest BCUT2D eigenvalue weighted by Crippen LogP contribution is -2.54. The van der Waals surface area contributed by atoms with E-state index in [1.165, 1.54) is 0 Å². The molecule has 0 aromatic carbocycles. The maximum atomic E-state index is 10.8. The highest BCUT2D eigenvalue weighted by atomic mass is 16.4. The van der Waals surface area contributed by atoms with E-state index in [0.717, 1.165) is 19.5 Å². The summed E-state index contributed by atoms with van der Waals surface area (Å²) in [6, 6.07) is -0.0162. The molecule has 2 unspecified atom stereocenters. The average molecular weight is 214 g/mol. The standard InChI is InChI=1S/C11H22N2O2/c1-10(2,3)8(13-9(14)15)11(4)5-6-12-7-11/h8,12-13H,5-7H2,1-4H3,(H,14,15). The maximum absolute atomic E-state index is 10.8. The van der Waals surface area contributed by atoms with Crippen LogP contribution in [0.5, 0.6) is 0 Å². The predicted octanol–water partition coefficient (Wildman–Crippen LogP) is 1.67. The van der Waals surface area contributed by atoms with Gasteiger partial charge in [-0.15, -0.1) is 0 Å². The van der Waals surface area contributed by atoms with Crippen LogP contribution in [0, 0.1) is 10.8 Å². The van der Waals surface area contributed by atoms with Gasteiger partial charge in [0.25, 0.3) is 0 Å². The van der Waals surface area contributed by atoms with Gasteiger partial charge in [0.2, 0.25) is 0 Å². The van der Waals surface area contributed by atoms with E-state index < -0.39 is 6.09 Å². The number of nitrogens with one attached hydrogen (secondary N) is 2. The van der Waals surface area contributed by atoms with Crippen LogP contribution in [0.15, 0.2) is 0 Å². The summed E-state index contributed by atoms with van der Waals surface area (Å²) in [5.74, 6) is 0. The highest BCUT2D eigenvalue weighted by Gasteiger charge is 2.43. The number of carbonyl (C=O) groups is 1. The van der Waals surface area contributed by atoms with Gasteiger partial charge in [-0.25, -0.2) is 4.79 Å². The SMILES string of the molecule is CC(C)(C)C(NC(=O)O)C1(C)CCNC1. The summed E-state index contributed by atoms with van der Waals surface area (Å²) in [7, 11) is 0. The van der Waals surface area contributed by atoms with Crippen LogP contribution in [-0.2, 0) is 0 Å². The molecule has 0 bridgehead atoms. The van der Waals surface area contributed by atoms with Crippen molar-refractivity contribution in [1.82, 2.24) is 10.6 Å². The zero-order valence-electron chi connectivity index (χ0n) is 10.1. The van der Waals surface area contributed by atoms with Gasteiger partial charge in [-0.2, -0.15) is 0 Å². The number of amides is 1. The molecule has 0 saturated carbocycles. The minimum absolute atomic E-state index is 0.0162. The molecule has 0 spiro atoms. The van der Waals surface area contributed by atoms with Crippen LogP contribution in [0.3, 0.4) is 0 Å². The first-order valence-corrected chi connectivity index (χ1v) is 5.46. The molecular weight excluding hydrogens is 192 g/mol. The van der Waals surface area contributed by atoms with E-state index in [0.29, 0.717) is 0 Å². The molecule has 4 nitrogen and oxygen atoms in total. The van der Waals surface area contributed by atoms with E-state index in [1.54, 1.807) is 0 Å². The Kier molecular flexibility index (Phi) is 3.28. The van der Waals surface area contributed by atoms with E-state index in [1.807, 2.05) is 0 Å². The first kappa shape index (κ1) is 12.3. The molecule has 15 heavy (non-hydrogen) atoms. The van der Waals surface area contributed by atoms with Crippen molar-refractivity contribution in [3.63, 3.8) is 0 Å². The van der Waals surface area contributed by atoms with Gasteiger partial charge < -0.3 is 15.7 Å². The Morgan fingerprint density at radius 2 is 2.13 bits per heavy atom. The van der Waals surface area contributed by atoms with E-state index in [4.69, 9.17) is 5.11 Å². The lowest BCUT2D eigenvalue weighted by molar-refractivity contribution is 0.113. The van der Waals surface area contributed by atoms with Crippen molar-refractivity contribution in [2.24, 2.45) is 10.8 Å². The lowest BCUT2D eigenvalue weighted by Gasteiger charge is -2.42. The third kappa shape index (κ3) is 2.84. The Hall–Kier alpha value is -0.770. The van der Waals surface area contributed by atoms with Crippen molar-refractivity contribution in [3.8, 4) is 0 Å². The Balaban J connectivity index is 2.84. The van der Waals surface area contributed by atoms with Gasteiger partial charge >= 0.3 is 6.09 Å². The summed E-state index contributed by atoms with van der Waals surface area (Å²) in [6.45, 7) is 10.3. The second-order valence-electron chi connectivity index (χ2n) is 5.83. The van der Waals surface area contributed by atoms with Crippen LogP contribution in [-0.4, -0.2) is 30.3 Å². The lowest BCUT2D eigenvalue weighted by atomic mass is 9.69. The van der Waals surface area contributed by atoms with Crippen molar-refractivity contribution in [2.45, 2.75) is 40.2 Å². The molecular formula is C11H22N2O2. The van der Waals surface area contributed by atoms with Crippen molar-refractivity contribution in [2.75, 3.05) is 13.1 Å². The molecule has 1 saturated heterocycles. The molecule has 1 heterocycles. The van der Waals surface area contributed by atoms with E-state index in [2.05, 4.69) is 38.3 Å². The summed E-state index contributed by atoms with van der Waals surface area (Å²) >= 11 is 0. The minimum atomic E-state index is -0.928. The fourth-order valence-corrected chi connectivity index (χ4v) is 2.64. The molecule has 0 aliphatic carbocycles. The highest BCUT2D eigenvalue weighted by Crippen LogP contribution is 2.38. The summed E-state index contributed by atoms with van der Waals surface area (Å²) in [6.07, 6.45) is 0.0953. The molecule has 1 rings (SSSR count). The van der Waals surface area contributed by atoms with Crippen LogP contribution in [0.2, 0.25) is 0 Å². The van der Waals surface area contributed by atoms with E-state index in [-0.39, 0.29) is 16.9 Å². The topological polar surface area (TPSA) is 61.4 Å². The van der Waals surface area contributed by atoms with Gasteiger partial charge in [-0.1, -0.05) is 27.7 Å². The van der Waals surface area contributed by atoms with Crippen molar-refractivity contribution in [3.05, 3.63) is 0 Å². The zero-order chi connectivity index (χ0) is 11.7. The molecule has 1 amide bonds. The third-order valence-electron chi connectivity index (χ3n) is 3.23. The number of hydrogen-bond donors (Lipinski definition) is 3. The molecule has 1 fully saturated rings. The van der Waals surface area contributed by atoms with E-state index in [9.17, 15) is 4.79 Å². The van der Waals surface area contributed by atoms with Crippen molar-refractivity contribution < 1.29 is 9.90 Å². The average Bonchev–Trinajstić information content (AvgIpc) is 2.46. The Bertz CT molecular complexity index is 239. The van der Waals surface area contributed by atoms with Crippen LogP contribution in [0.4, 0.5) is 4.79 Å². The summed E-state index contributed by atoms with van der Waals surface area (Å²) in [5.41, 5.74) is -0.0319. The van der Waals surface area contributed by atoms with Crippen LogP contribution < -0.4 is 10.6 Å². The first-order valence-electron chi connectivity index (χ1n) is 5.46. The first-order chi connectivity index (χ1) is 6.76. The fraction of sp³-hybridized carbons (Fsp3) is 0.909. The van der Waals surface area contributed by atoms with Gasteiger partial charge in [0.05, 0.1) is 0 Å². The molecule has 1 aliphatic heterocycles. The number of rotatable bonds is 2. The largest absolute Gasteiger partial charge is 0.465 e. The second kappa shape index (κ2) is 4.00. The predicted molar refractivity (Wildman–Crippen MR) is 60.0 cm³/mol. The second-order valence-corrected chi connectivity index (χ2v) is 5.83. The highest BCUT2D eigenvalue weighted by molar-refractivity contribution is 5.65. The maximum Gasteiger partial charge on any atom is 0.404 e. The molecule has 0 aromatic heterocycles. The Morgan fingerprint density at radius 1 is 1.53 bits per heavy atom. The van der Waals surface area contributed by atoms with Gasteiger partial charge in [-0.3, -0.25) is 0 Å². The van der Waals surface area contributed by atoms with Crippen LogP contribution >= 0.6 is 0 Å². The smallest absolute Gasteiger partial charge is 0.404 e. The summed E-state index contributed by atoms with van der Waals surface area (Å²) < 4.78 is 0. The van der Waals surface area contributed by atoms with Crippen LogP contribution in [0.25, 0.3) is 0 Å². The third-order valence-corrected chi connectivity index (χ3v) is 3.23. The Morgan fingerprint density at radius 3 is 2.47 bits per heavy atom. The van der Waals surface area contributed by atoms with Crippen LogP contribution in [0.1, 0.15) is 34.1 Å². The monoisotopic (exact) mass is 214 g/mol. The molecule has 3 N–H and O–H groups in total. The number of carboxylic acid groups (broad SMARTS) is 1. The fourth-order valence-electron chi connectivity index (χ4n) is 2.64. The van der Waals surface area contributed by atoms with Gasteiger partial charge in [-0.05, 0) is 18.4 Å². The number of hydrogen-bond acceptors (Lipinski definition) is 2. The van der Waals surface area contributed by atoms with Gasteiger partial charge in [0.15, 0.2) is 0 Å². The van der Waals surface area contributed by atoms with Gasteiger partial charge in [0.1, 0.15) is 0 Å². The quantitative estimate of drug-likeness (QED) is 0.655. The normalized spacial score (nSPS) is 28.8. The minimum Gasteiger partial charge on any atom is -0.465 e. The van der Waals surface area contributed by atoms with Gasteiger partial charge in [0, 0.05) is 18.0 Å². The zero-order valence-corrected chi connectivity index (χ0v) is 10.1. The molecule has 4 heteroatoms. The Labute approximate surface area is 91.4 Å². The molecule has 88 valence electrons. The summed E-state index contributed by atoms with van der Waals surface area (Å²) in [4.78, 5) is 10.8. The van der Waals surface area contributed by atoms with E-state index >= 15 is 0 Å². The molecule has 0 radical (unpaired) electrons. The van der Waals surface area contributed by atoms with Crippen molar-refractivity contribution in [1.29, 1.82) is 0 Å². The van der Waals surface area contributed by atoms with Crippen molar-refractivity contribution >= 4 is 6.09 Å². The molecule has 2 atom stereocenters. The molecule has 0 aromatic rings. The summed E-state index contributed by atoms with van der Waals surface area (Å²) in [5, 5.41) is 14.9.